The van der Waals surface area contributed by atoms with Gasteiger partial charge >= 0.3 is 0 Å². The van der Waals surface area contributed by atoms with E-state index in [0.29, 0.717) is 11.8 Å². The molecule has 17 heavy (non-hydrogen) atoms. The average Bonchev–Trinajstić information content (AvgIpc) is 2.40. The van der Waals surface area contributed by atoms with Crippen LogP contribution in [0, 0.1) is 11.8 Å². The molecule has 0 aliphatic heterocycles. The summed E-state index contributed by atoms with van der Waals surface area (Å²) in [5.74, 6) is 1.11. The van der Waals surface area contributed by atoms with Gasteiger partial charge in [0, 0.05) is 0 Å². The zero-order chi connectivity index (χ0) is 12.9. The van der Waals surface area contributed by atoms with E-state index in [4.69, 9.17) is 4.43 Å². The molecule has 0 fully saturated rings. The van der Waals surface area contributed by atoms with Crippen molar-refractivity contribution in [3.8, 4) is 0 Å². The Morgan fingerprint density at radius 1 is 1.06 bits per heavy atom. The standard InChI is InChI=1S/C15H26OSi/c1-5-12(3)15(16-17,13(4)6-2)14-10-8-7-9-11-14/h7-13H,5-6H2,1-4,17H3. The second kappa shape index (κ2) is 6.36. The third-order valence-corrected chi connectivity index (χ3v) is 4.93. The summed E-state index contributed by atoms with van der Waals surface area (Å²) in [4.78, 5) is 0. The van der Waals surface area contributed by atoms with Gasteiger partial charge in [-0.2, -0.15) is 0 Å². The molecule has 2 unspecified atom stereocenters. The topological polar surface area (TPSA) is 9.23 Å². The summed E-state index contributed by atoms with van der Waals surface area (Å²) in [5, 5.41) is 0. The first-order chi connectivity index (χ1) is 8.13. The molecular formula is C15H26OSi. The number of hydrogen-bond acceptors (Lipinski definition) is 1. The molecule has 0 spiro atoms. The Hall–Kier alpha value is -0.603. The minimum absolute atomic E-state index is 0.0863. The first kappa shape index (κ1) is 14.5. The van der Waals surface area contributed by atoms with Crippen LogP contribution < -0.4 is 0 Å². The minimum Gasteiger partial charge on any atom is -0.418 e. The highest BCUT2D eigenvalue weighted by Crippen LogP contribution is 2.42. The Morgan fingerprint density at radius 2 is 1.53 bits per heavy atom. The molecule has 96 valence electrons. The smallest absolute Gasteiger partial charge is 0.147 e. The quantitative estimate of drug-likeness (QED) is 0.704. The highest BCUT2D eigenvalue weighted by atomic mass is 28.2. The van der Waals surface area contributed by atoms with E-state index >= 15 is 0 Å². The summed E-state index contributed by atoms with van der Waals surface area (Å²) >= 11 is 0. The molecule has 2 atom stereocenters. The summed E-state index contributed by atoms with van der Waals surface area (Å²) in [6.45, 7) is 9.14. The van der Waals surface area contributed by atoms with Gasteiger partial charge in [0.05, 0.1) is 5.60 Å². The van der Waals surface area contributed by atoms with Gasteiger partial charge in [-0.15, -0.1) is 0 Å². The van der Waals surface area contributed by atoms with Gasteiger partial charge in [0.25, 0.3) is 0 Å². The molecule has 0 bridgehead atoms. The number of benzene rings is 1. The van der Waals surface area contributed by atoms with E-state index in [1.807, 2.05) is 0 Å². The number of rotatable bonds is 6. The Kier molecular flexibility index (Phi) is 5.41. The minimum atomic E-state index is -0.0863. The molecule has 0 aliphatic rings. The molecule has 0 aromatic heterocycles. The van der Waals surface area contributed by atoms with Crippen LogP contribution in [-0.4, -0.2) is 10.5 Å². The highest BCUT2D eigenvalue weighted by Gasteiger charge is 2.40. The van der Waals surface area contributed by atoms with E-state index in [2.05, 4.69) is 58.0 Å². The van der Waals surface area contributed by atoms with E-state index in [-0.39, 0.29) is 5.60 Å². The molecule has 0 radical (unpaired) electrons. The molecule has 1 rings (SSSR count). The predicted octanol–water partition coefficient (Wildman–Crippen LogP) is 3.27. The van der Waals surface area contributed by atoms with Crippen molar-refractivity contribution in [2.45, 2.75) is 46.1 Å². The Morgan fingerprint density at radius 3 is 1.88 bits per heavy atom. The summed E-state index contributed by atoms with van der Waals surface area (Å²) in [6, 6.07) is 10.8. The lowest BCUT2D eigenvalue weighted by Crippen LogP contribution is -2.42. The van der Waals surface area contributed by atoms with Crippen LogP contribution in [-0.2, 0) is 10.0 Å². The fraction of sp³-hybridized carbons (Fsp3) is 0.600. The van der Waals surface area contributed by atoms with E-state index < -0.39 is 0 Å². The van der Waals surface area contributed by atoms with Gasteiger partial charge in [-0.25, -0.2) is 0 Å². The van der Waals surface area contributed by atoms with Crippen molar-refractivity contribution in [3.05, 3.63) is 35.9 Å². The van der Waals surface area contributed by atoms with Crippen LogP contribution in [0.25, 0.3) is 0 Å². The molecule has 2 heteroatoms. The van der Waals surface area contributed by atoms with Gasteiger partial charge in [0.2, 0.25) is 0 Å². The van der Waals surface area contributed by atoms with Crippen LogP contribution in [0.2, 0.25) is 0 Å². The fourth-order valence-electron chi connectivity index (χ4n) is 2.88. The lowest BCUT2D eigenvalue weighted by atomic mass is 9.72. The molecule has 0 N–H and O–H groups in total. The van der Waals surface area contributed by atoms with E-state index in [1.54, 1.807) is 0 Å². The summed E-state index contributed by atoms with van der Waals surface area (Å²) in [6.07, 6.45) is 2.31. The first-order valence-electron chi connectivity index (χ1n) is 6.74. The molecular weight excluding hydrogens is 224 g/mol. The molecule has 1 aromatic carbocycles. The summed E-state index contributed by atoms with van der Waals surface area (Å²) in [5.41, 5.74) is 1.26. The van der Waals surface area contributed by atoms with Gasteiger partial charge in [-0.3, -0.25) is 0 Å². The molecule has 0 saturated heterocycles. The maximum absolute atomic E-state index is 6.17. The SMILES string of the molecule is CCC(C)C(O[SiH3])(c1ccccc1)C(C)CC. The average molecular weight is 250 g/mol. The van der Waals surface area contributed by atoms with Crippen molar-refractivity contribution in [1.82, 2.24) is 0 Å². The number of hydrogen-bond donors (Lipinski definition) is 0. The van der Waals surface area contributed by atoms with Crippen molar-refractivity contribution in [2.24, 2.45) is 11.8 Å². The second-order valence-electron chi connectivity index (χ2n) is 4.98. The molecule has 0 saturated carbocycles. The van der Waals surface area contributed by atoms with E-state index in [1.165, 1.54) is 5.56 Å². The van der Waals surface area contributed by atoms with Gasteiger partial charge in [-0.1, -0.05) is 70.9 Å². The van der Waals surface area contributed by atoms with Gasteiger partial charge in [0.15, 0.2) is 0 Å². The fourth-order valence-corrected chi connectivity index (χ4v) is 3.92. The van der Waals surface area contributed by atoms with Gasteiger partial charge < -0.3 is 4.43 Å². The third-order valence-electron chi connectivity index (χ3n) is 4.25. The van der Waals surface area contributed by atoms with Crippen molar-refractivity contribution < 1.29 is 4.43 Å². The zero-order valence-corrected chi connectivity index (χ0v) is 13.9. The van der Waals surface area contributed by atoms with E-state index in [9.17, 15) is 0 Å². The van der Waals surface area contributed by atoms with Crippen LogP contribution >= 0.6 is 0 Å². The maximum Gasteiger partial charge on any atom is 0.147 e. The Balaban J connectivity index is 3.26. The summed E-state index contributed by atoms with van der Waals surface area (Å²) < 4.78 is 6.17. The highest BCUT2D eigenvalue weighted by molar-refractivity contribution is 5.98. The van der Waals surface area contributed by atoms with Crippen LogP contribution in [0.1, 0.15) is 46.1 Å². The lowest BCUT2D eigenvalue weighted by molar-refractivity contribution is -0.0365. The molecule has 0 heterocycles. The molecule has 0 amide bonds. The van der Waals surface area contributed by atoms with Crippen LogP contribution in [0.5, 0.6) is 0 Å². The van der Waals surface area contributed by atoms with Crippen molar-refractivity contribution in [3.63, 3.8) is 0 Å². The normalized spacial score (nSPS) is 18.6. The summed E-state index contributed by atoms with van der Waals surface area (Å²) in [7, 11) is 0.786. The Bertz CT molecular complexity index is 313. The van der Waals surface area contributed by atoms with E-state index in [0.717, 1.165) is 23.3 Å². The predicted molar refractivity (Wildman–Crippen MR) is 78.1 cm³/mol. The van der Waals surface area contributed by atoms with Crippen molar-refractivity contribution in [2.75, 3.05) is 0 Å². The zero-order valence-electron chi connectivity index (χ0n) is 11.9. The van der Waals surface area contributed by atoms with Crippen LogP contribution in [0.3, 0.4) is 0 Å². The molecule has 0 aliphatic carbocycles. The van der Waals surface area contributed by atoms with Crippen LogP contribution in [0.15, 0.2) is 30.3 Å². The van der Waals surface area contributed by atoms with Crippen LogP contribution in [0.4, 0.5) is 0 Å². The van der Waals surface area contributed by atoms with Gasteiger partial charge in [-0.05, 0) is 17.4 Å². The third kappa shape index (κ3) is 2.63. The monoisotopic (exact) mass is 250 g/mol. The van der Waals surface area contributed by atoms with Gasteiger partial charge in [0.1, 0.15) is 10.5 Å². The Labute approximate surface area is 109 Å². The maximum atomic E-state index is 6.17. The first-order valence-corrected chi connectivity index (χ1v) is 7.55. The van der Waals surface area contributed by atoms with Crippen molar-refractivity contribution >= 4 is 10.5 Å². The molecule has 1 aromatic rings. The largest absolute Gasteiger partial charge is 0.418 e. The van der Waals surface area contributed by atoms with Crippen molar-refractivity contribution in [1.29, 1.82) is 0 Å². The molecule has 1 nitrogen and oxygen atoms in total. The second-order valence-corrected chi connectivity index (χ2v) is 5.39. The lowest BCUT2D eigenvalue weighted by Gasteiger charge is -2.43.